The van der Waals surface area contributed by atoms with E-state index in [4.69, 9.17) is 4.74 Å². The first-order chi connectivity index (χ1) is 13.6. The van der Waals surface area contributed by atoms with Crippen molar-refractivity contribution in [3.63, 3.8) is 0 Å². The van der Waals surface area contributed by atoms with Gasteiger partial charge in [0.2, 0.25) is 5.91 Å². The van der Waals surface area contributed by atoms with E-state index in [-0.39, 0.29) is 30.8 Å². The van der Waals surface area contributed by atoms with E-state index in [1.807, 2.05) is 31.3 Å². The molecule has 0 bridgehead atoms. The molecule has 0 unspecified atom stereocenters. The molecule has 1 fully saturated rings. The fourth-order valence-corrected chi connectivity index (χ4v) is 3.64. The van der Waals surface area contributed by atoms with E-state index in [0.29, 0.717) is 30.8 Å². The van der Waals surface area contributed by atoms with Gasteiger partial charge in [-0.25, -0.2) is 0 Å². The zero-order valence-electron chi connectivity index (χ0n) is 16.8. The van der Waals surface area contributed by atoms with Gasteiger partial charge in [-0.15, -0.1) is 12.4 Å². The van der Waals surface area contributed by atoms with Gasteiger partial charge >= 0.3 is 0 Å². The minimum Gasteiger partial charge on any atom is -0.495 e. The van der Waals surface area contributed by atoms with E-state index in [9.17, 15) is 9.59 Å². The van der Waals surface area contributed by atoms with Gasteiger partial charge < -0.3 is 20.3 Å². The predicted molar refractivity (Wildman–Crippen MR) is 113 cm³/mol. The number of aromatic nitrogens is 2. The Morgan fingerprint density at radius 1 is 1.28 bits per heavy atom. The first-order valence-electron chi connectivity index (χ1n) is 9.54. The lowest BCUT2D eigenvalue weighted by atomic mass is 9.86. The van der Waals surface area contributed by atoms with Crippen LogP contribution in [0.4, 0.5) is 5.69 Å². The van der Waals surface area contributed by atoms with Crippen molar-refractivity contribution in [2.24, 2.45) is 0 Å². The molecule has 2 amide bonds. The van der Waals surface area contributed by atoms with E-state index in [2.05, 4.69) is 15.7 Å². The fraction of sp³-hybridized carbons (Fsp3) is 0.450. The van der Waals surface area contributed by atoms with Crippen LogP contribution < -0.4 is 15.4 Å². The van der Waals surface area contributed by atoms with Gasteiger partial charge in [-0.2, -0.15) is 5.10 Å². The number of rotatable bonds is 7. The van der Waals surface area contributed by atoms with E-state index in [0.717, 1.165) is 13.1 Å². The molecule has 158 valence electrons. The summed E-state index contributed by atoms with van der Waals surface area (Å²) in [5.41, 5.74) is -0.169. The van der Waals surface area contributed by atoms with Gasteiger partial charge in [-0.3, -0.25) is 14.3 Å². The lowest BCUT2D eigenvalue weighted by molar-refractivity contribution is -0.145. The van der Waals surface area contributed by atoms with Gasteiger partial charge in [0, 0.05) is 18.9 Å². The zero-order chi connectivity index (χ0) is 20.0. The molecule has 1 aliphatic heterocycles. The molecule has 1 saturated heterocycles. The summed E-state index contributed by atoms with van der Waals surface area (Å²) >= 11 is 0. The molecule has 9 heteroatoms. The normalized spacial score (nSPS) is 15.1. The molecule has 1 aromatic carbocycles. The summed E-state index contributed by atoms with van der Waals surface area (Å²) in [7, 11) is 1.55. The predicted octanol–water partition coefficient (Wildman–Crippen LogP) is 1.88. The summed E-state index contributed by atoms with van der Waals surface area (Å²) in [4.78, 5) is 27.7. The van der Waals surface area contributed by atoms with Crippen LogP contribution in [0.3, 0.4) is 0 Å². The van der Waals surface area contributed by atoms with Crippen molar-refractivity contribution in [2.45, 2.75) is 25.3 Å². The van der Waals surface area contributed by atoms with Crippen LogP contribution in [0, 0.1) is 0 Å². The number of likely N-dealkylation sites (N-methyl/N-ethyl adjacent to an activating group) is 1. The number of methoxy groups -OCH3 is 1. The van der Waals surface area contributed by atoms with E-state index in [1.54, 1.807) is 35.0 Å². The number of ether oxygens (including phenoxy) is 1. The Kier molecular flexibility index (Phi) is 8.04. The Hall–Kier alpha value is -2.58. The number of benzene rings is 1. The minimum absolute atomic E-state index is 0. The van der Waals surface area contributed by atoms with Crippen LogP contribution in [0.5, 0.6) is 5.75 Å². The van der Waals surface area contributed by atoms with Gasteiger partial charge in [0.1, 0.15) is 11.3 Å². The number of piperidine rings is 1. The highest BCUT2D eigenvalue weighted by Crippen LogP contribution is 2.29. The molecule has 0 aliphatic carbocycles. The topological polar surface area (TPSA) is 88.5 Å². The van der Waals surface area contributed by atoms with Crippen LogP contribution in [0.25, 0.3) is 0 Å². The van der Waals surface area contributed by atoms with Crippen molar-refractivity contribution in [2.75, 3.05) is 38.6 Å². The summed E-state index contributed by atoms with van der Waals surface area (Å²) in [6, 6.07) is 9.03. The van der Waals surface area contributed by atoms with Crippen LogP contribution in [0.15, 0.2) is 42.7 Å². The number of hydrogen-bond acceptors (Lipinski definition) is 5. The van der Waals surface area contributed by atoms with Crippen molar-refractivity contribution < 1.29 is 14.3 Å². The molecule has 1 aliphatic rings. The number of amides is 2. The van der Waals surface area contributed by atoms with Crippen LogP contribution >= 0.6 is 12.4 Å². The average molecular weight is 422 g/mol. The number of carbonyl (C=O) groups is 2. The highest BCUT2D eigenvalue weighted by atomic mass is 35.5. The second-order valence-electron chi connectivity index (χ2n) is 6.80. The molecule has 2 aromatic rings. The monoisotopic (exact) mass is 421 g/mol. The number of nitrogens with one attached hydrogen (secondary N) is 2. The largest absolute Gasteiger partial charge is 0.495 e. The standard InChI is InChI=1S/C20H27N5O3.ClH/c1-3-24(15-18(26)23-16-7-4-5-8-17(16)28-2)19(27)20(9-12-21-13-10-20)25-14-6-11-22-25;/h4-8,11,14,21H,3,9-10,12-13,15H2,1-2H3,(H,23,26);1H. The van der Waals surface area contributed by atoms with Crippen molar-refractivity contribution in [3.8, 4) is 5.75 Å². The number of halogens is 1. The number of hydrogen-bond donors (Lipinski definition) is 2. The van der Waals surface area contributed by atoms with Gasteiger partial charge in [0.25, 0.3) is 5.91 Å². The number of anilines is 1. The van der Waals surface area contributed by atoms with E-state index < -0.39 is 5.54 Å². The molecule has 29 heavy (non-hydrogen) atoms. The third-order valence-electron chi connectivity index (χ3n) is 5.16. The second-order valence-corrected chi connectivity index (χ2v) is 6.80. The molecule has 2 N–H and O–H groups in total. The Bertz CT molecular complexity index is 806. The molecular weight excluding hydrogens is 394 g/mol. The minimum atomic E-state index is -0.754. The van der Waals surface area contributed by atoms with Crippen molar-refractivity contribution in [3.05, 3.63) is 42.7 Å². The zero-order valence-corrected chi connectivity index (χ0v) is 17.6. The van der Waals surface area contributed by atoms with Crippen LogP contribution in [-0.4, -0.2) is 59.8 Å². The third kappa shape index (κ3) is 4.89. The molecule has 0 atom stereocenters. The SMILES string of the molecule is CCN(CC(=O)Nc1ccccc1OC)C(=O)C1(n2cccn2)CCNCC1.Cl. The van der Waals surface area contributed by atoms with E-state index in [1.165, 1.54) is 0 Å². The number of nitrogens with zero attached hydrogens (tertiary/aromatic N) is 3. The Morgan fingerprint density at radius 2 is 2.00 bits per heavy atom. The lowest BCUT2D eigenvalue weighted by Crippen LogP contribution is -2.56. The van der Waals surface area contributed by atoms with Crippen LogP contribution in [0.1, 0.15) is 19.8 Å². The molecule has 8 nitrogen and oxygen atoms in total. The maximum atomic E-state index is 13.5. The number of para-hydroxylation sites is 2. The molecule has 0 saturated carbocycles. The lowest BCUT2D eigenvalue weighted by Gasteiger charge is -2.39. The maximum Gasteiger partial charge on any atom is 0.251 e. The summed E-state index contributed by atoms with van der Waals surface area (Å²) in [5, 5.41) is 10.5. The maximum absolute atomic E-state index is 13.5. The molecule has 1 aromatic heterocycles. The van der Waals surface area contributed by atoms with Crippen molar-refractivity contribution in [1.29, 1.82) is 0 Å². The average Bonchev–Trinajstić information content (AvgIpc) is 3.28. The molecule has 3 rings (SSSR count). The first kappa shape index (κ1) is 22.7. The van der Waals surface area contributed by atoms with Crippen molar-refractivity contribution in [1.82, 2.24) is 20.0 Å². The van der Waals surface area contributed by atoms with Gasteiger partial charge in [-0.1, -0.05) is 12.1 Å². The summed E-state index contributed by atoms with van der Waals surface area (Å²) in [6.07, 6.45) is 4.78. The third-order valence-corrected chi connectivity index (χ3v) is 5.16. The van der Waals surface area contributed by atoms with E-state index >= 15 is 0 Å². The summed E-state index contributed by atoms with van der Waals surface area (Å²) in [5.74, 6) is 0.246. The summed E-state index contributed by atoms with van der Waals surface area (Å²) in [6.45, 7) is 3.76. The Balaban J connectivity index is 0.00000300. The van der Waals surface area contributed by atoms with Gasteiger partial charge in [-0.05, 0) is 51.1 Å². The molecule has 0 radical (unpaired) electrons. The highest BCUT2D eigenvalue weighted by Gasteiger charge is 2.44. The Labute approximate surface area is 177 Å². The molecular formula is C20H28ClN5O3. The highest BCUT2D eigenvalue weighted by molar-refractivity contribution is 5.96. The first-order valence-corrected chi connectivity index (χ1v) is 9.54. The van der Waals surface area contributed by atoms with Crippen molar-refractivity contribution >= 4 is 29.9 Å². The number of carbonyl (C=O) groups excluding carboxylic acids is 2. The summed E-state index contributed by atoms with van der Waals surface area (Å²) < 4.78 is 7.02. The molecule has 0 spiro atoms. The van der Waals surface area contributed by atoms with Crippen LogP contribution in [0.2, 0.25) is 0 Å². The fourth-order valence-electron chi connectivity index (χ4n) is 3.64. The second kappa shape index (κ2) is 10.3. The van der Waals surface area contributed by atoms with Crippen LogP contribution in [-0.2, 0) is 15.1 Å². The smallest absolute Gasteiger partial charge is 0.251 e. The molecule has 2 heterocycles. The van der Waals surface area contributed by atoms with Gasteiger partial charge in [0.15, 0.2) is 0 Å². The van der Waals surface area contributed by atoms with Gasteiger partial charge in [0.05, 0.1) is 19.3 Å². The quantitative estimate of drug-likeness (QED) is 0.712. The Morgan fingerprint density at radius 3 is 2.62 bits per heavy atom.